The van der Waals surface area contributed by atoms with Crippen LogP contribution in [0.4, 0.5) is 10.5 Å². The number of likely N-dealkylation sites (N-methyl/N-ethyl adjacent to an activating group) is 2. The lowest BCUT2D eigenvalue weighted by Gasteiger charge is -2.22. The summed E-state index contributed by atoms with van der Waals surface area (Å²) < 4.78 is 0. The Morgan fingerprint density at radius 2 is 1.60 bits per heavy atom. The largest absolute Gasteiger partial charge is 0.343 e. The fraction of sp³-hybridized carbons (Fsp3) is 0.652. The summed E-state index contributed by atoms with van der Waals surface area (Å²) >= 11 is 0. The van der Waals surface area contributed by atoms with Gasteiger partial charge in [0.1, 0.15) is 0 Å². The van der Waals surface area contributed by atoms with Crippen molar-refractivity contribution in [2.24, 2.45) is 0 Å². The van der Waals surface area contributed by atoms with E-state index < -0.39 is 0 Å². The summed E-state index contributed by atoms with van der Waals surface area (Å²) in [5.74, 6) is 0.249. The van der Waals surface area contributed by atoms with Gasteiger partial charge in [0.2, 0.25) is 5.91 Å². The molecule has 2 rings (SSSR count). The lowest BCUT2D eigenvalue weighted by Crippen LogP contribution is -2.35. The Morgan fingerprint density at radius 3 is 2.23 bits per heavy atom. The van der Waals surface area contributed by atoms with Crippen LogP contribution in [0.15, 0.2) is 24.3 Å². The Morgan fingerprint density at radius 1 is 0.933 bits per heavy atom. The second-order valence-electron chi connectivity index (χ2n) is 8.60. The third-order valence-electron chi connectivity index (χ3n) is 5.60. The number of rotatable bonds is 11. The molecule has 0 atom stereocenters. The number of benzene rings is 1. The van der Waals surface area contributed by atoms with Gasteiger partial charge in [-0.15, -0.1) is 0 Å². The summed E-state index contributed by atoms with van der Waals surface area (Å²) in [4.78, 5) is 32.7. The Bertz CT molecular complexity index is 656. The Hall–Kier alpha value is -2.12. The predicted molar refractivity (Wildman–Crippen MR) is 123 cm³/mol. The van der Waals surface area contributed by atoms with Gasteiger partial charge in [-0.25, -0.2) is 4.79 Å². The van der Waals surface area contributed by atoms with Gasteiger partial charge in [0.25, 0.3) is 0 Å². The zero-order valence-electron chi connectivity index (χ0n) is 19.2. The van der Waals surface area contributed by atoms with Crippen molar-refractivity contribution in [2.75, 3.05) is 72.8 Å². The summed E-state index contributed by atoms with van der Waals surface area (Å²) in [5.41, 5.74) is 1.90. The highest BCUT2D eigenvalue weighted by atomic mass is 16.2. The molecule has 0 bridgehead atoms. The van der Waals surface area contributed by atoms with Gasteiger partial charge in [0.15, 0.2) is 0 Å². The highest BCUT2D eigenvalue weighted by Gasteiger charge is 2.17. The van der Waals surface area contributed by atoms with Crippen LogP contribution in [0.3, 0.4) is 0 Å². The van der Waals surface area contributed by atoms with Crippen LogP contribution in [0.2, 0.25) is 0 Å². The standard InChI is InChI=1S/C23H39N5O2/c1-25(2)18-19-26(3)14-7-15-27(4)23(30)24-21-11-8-20(9-12-21)10-13-22(29)28-16-5-6-17-28/h8-9,11-12H,5-7,10,13-19H2,1-4H3,(H,24,30). The summed E-state index contributed by atoms with van der Waals surface area (Å²) in [6.45, 7) is 5.56. The minimum atomic E-state index is -0.0945. The van der Waals surface area contributed by atoms with Crippen molar-refractivity contribution in [1.29, 1.82) is 0 Å². The van der Waals surface area contributed by atoms with Crippen LogP contribution in [-0.4, -0.2) is 99.0 Å². The molecule has 1 aromatic carbocycles. The molecule has 0 spiro atoms. The smallest absolute Gasteiger partial charge is 0.321 e. The number of amides is 3. The number of hydrogen-bond acceptors (Lipinski definition) is 4. The predicted octanol–water partition coefficient (Wildman–Crippen LogP) is 2.59. The summed E-state index contributed by atoms with van der Waals surface area (Å²) in [7, 11) is 8.09. The first-order valence-corrected chi connectivity index (χ1v) is 11.1. The topological polar surface area (TPSA) is 59.1 Å². The highest BCUT2D eigenvalue weighted by molar-refractivity contribution is 5.89. The maximum atomic E-state index is 12.4. The second-order valence-corrected chi connectivity index (χ2v) is 8.60. The fourth-order valence-corrected chi connectivity index (χ4v) is 3.51. The first-order chi connectivity index (χ1) is 14.3. The van der Waals surface area contributed by atoms with E-state index in [0.29, 0.717) is 6.42 Å². The zero-order valence-corrected chi connectivity index (χ0v) is 19.2. The van der Waals surface area contributed by atoms with Crippen LogP contribution in [0, 0.1) is 0 Å². The van der Waals surface area contributed by atoms with E-state index in [1.54, 1.807) is 4.90 Å². The molecule has 0 aliphatic carbocycles. The minimum Gasteiger partial charge on any atom is -0.343 e. The number of hydrogen-bond donors (Lipinski definition) is 1. The summed E-state index contributed by atoms with van der Waals surface area (Å²) in [6, 6.07) is 7.72. The molecule has 7 nitrogen and oxygen atoms in total. The minimum absolute atomic E-state index is 0.0945. The average Bonchev–Trinajstić information content (AvgIpc) is 3.26. The molecule has 1 N–H and O–H groups in total. The summed E-state index contributed by atoms with van der Waals surface area (Å²) in [6.07, 6.45) is 4.49. The van der Waals surface area contributed by atoms with E-state index in [1.165, 1.54) is 0 Å². The first-order valence-electron chi connectivity index (χ1n) is 11.1. The third kappa shape index (κ3) is 8.71. The molecular formula is C23H39N5O2. The summed E-state index contributed by atoms with van der Waals surface area (Å²) in [5, 5.41) is 2.95. The molecule has 3 amide bonds. The van der Waals surface area contributed by atoms with Gasteiger partial charge in [0, 0.05) is 51.9 Å². The van der Waals surface area contributed by atoms with Crippen LogP contribution in [0.5, 0.6) is 0 Å². The lowest BCUT2D eigenvalue weighted by atomic mass is 10.1. The first kappa shape index (κ1) is 24.2. The van der Waals surface area contributed by atoms with Crippen molar-refractivity contribution in [3.8, 4) is 0 Å². The normalized spacial score (nSPS) is 13.9. The molecule has 1 saturated heterocycles. The Kier molecular flexibility index (Phi) is 10.1. The van der Waals surface area contributed by atoms with Gasteiger partial charge >= 0.3 is 6.03 Å². The number of likely N-dealkylation sites (tertiary alicyclic amines) is 1. The van der Waals surface area contributed by atoms with E-state index in [9.17, 15) is 9.59 Å². The maximum absolute atomic E-state index is 12.4. The molecule has 168 valence electrons. The number of nitrogens with one attached hydrogen (secondary N) is 1. The molecule has 1 aliphatic rings. The van der Waals surface area contributed by atoms with Gasteiger partial charge in [-0.1, -0.05) is 12.1 Å². The quantitative estimate of drug-likeness (QED) is 0.601. The molecule has 1 aromatic rings. The van der Waals surface area contributed by atoms with E-state index in [1.807, 2.05) is 36.2 Å². The molecule has 7 heteroatoms. The van der Waals surface area contributed by atoms with Gasteiger partial charge in [-0.05, 0) is 71.1 Å². The van der Waals surface area contributed by atoms with Crippen LogP contribution >= 0.6 is 0 Å². The SMILES string of the molecule is CN(C)CCN(C)CCCN(C)C(=O)Nc1ccc(CCC(=O)N2CCCC2)cc1. The van der Waals surface area contributed by atoms with Crippen molar-refractivity contribution in [3.63, 3.8) is 0 Å². The zero-order chi connectivity index (χ0) is 21.9. The number of aryl methyl sites for hydroxylation is 1. The molecule has 0 saturated carbocycles. The molecule has 30 heavy (non-hydrogen) atoms. The number of carbonyl (C=O) groups is 2. The van der Waals surface area contributed by atoms with Crippen LogP contribution in [0.25, 0.3) is 0 Å². The van der Waals surface area contributed by atoms with Gasteiger partial charge in [-0.3, -0.25) is 4.79 Å². The lowest BCUT2D eigenvalue weighted by molar-refractivity contribution is -0.130. The van der Waals surface area contributed by atoms with E-state index >= 15 is 0 Å². The van der Waals surface area contributed by atoms with E-state index in [-0.39, 0.29) is 11.9 Å². The van der Waals surface area contributed by atoms with Gasteiger partial charge < -0.3 is 24.9 Å². The van der Waals surface area contributed by atoms with Crippen molar-refractivity contribution in [2.45, 2.75) is 32.1 Å². The maximum Gasteiger partial charge on any atom is 0.321 e. The van der Waals surface area contributed by atoms with Crippen molar-refractivity contribution < 1.29 is 9.59 Å². The molecule has 1 heterocycles. The van der Waals surface area contributed by atoms with E-state index in [2.05, 4.69) is 36.3 Å². The van der Waals surface area contributed by atoms with Crippen molar-refractivity contribution in [1.82, 2.24) is 19.6 Å². The van der Waals surface area contributed by atoms with Crippen molar-refractivity contribution in [3.05, 3.63) is 29.8 Å². The molecular weight excluding hydrogens is 378 g/mol. The Labute approximate surface area is 182 Å². The Balaban J connectivity index is 1.67. The molecule has 1 fully saturated rings. The number of nitrogens with zero attached hydrogens (tertiary/aromatic N) is 4. The molecule has 0 radical (unpaired) electrons. The highest BCUT2D eigenvalue weighted by Crippen LogP contribution is 2.14. The van der Waals surface area contributed by atoms with Crippen molar-refractivity contribution >= 4 is 17.6 Å². The van der Waals surface area contributed by atoms with Crippen LogP contribution < -0.4 is 5.32 Å². The second kappa shape index (κ2) is 12.5. The van der Waals surface area contributed by atoms with Crippen LogP contribution in [0.1, 0.15) is 31.2 Å². The number of anilines is 1. The average molecular weight is 418 g/mol. The van der Waals surface area contributed by atoms with Gasteiger partial charge in [-0.2, -0.15) is 0 Å². The molecule has 0 unspecified atom stereocenters. The van der Waals surface area contributed by atoms with Gasteiger partial charge in [0.05, 0.1) is 0 Å². The fourth-order valence-electron chi connectivity index (χ4n) is 3.51. The third-order valence-corrected chi connectivity index (χ3v) is 5.60. The molecule has 1 aliphatic heterocycles. The van der Waals surface area contributed by atoms with E-state index in [4.69, 9.17) is 0 Å². The molecule has 0 aromatic heterocycles. The van der Waals surface area contributed by atoms with Crippen LogP contribution in [-0.2, 0) is 11.2 Å². The van der Waals surface area contributed by atoms with E-state index in [0.717, 1.165) is 76.2 Å². The monoisotopic (exact) mass is 417 g/mol. The number of urea groups is 1. The number of carbonyl (C=O) groups excluding carboxylic acids is 2.